The Bertz CT molecular complexity index is 1100. The largest absolute Gasteiger partial charge is 0.342 e. The smallest absolute Gasteiger partial charge is 0.333 e. The van der Waals surface area contributed by atoms with Gasteiger partial charge in [-0.15, -0.1) is 0 Å². The number of nitrogens with zero attached hydrogens (tertiary/aromatic N) is 2. The third-order valence-corrected chi connectivity index (χ3v) is 5.31. The summed E-state index contributed by atoms with van der Waals surface area (Å²) in [5.74, 6) is 0.135. The molecule has 2 heterocycles. The Morgan fingerprint density at radius 2 is 1.57 bits per heavy atom. The van der Waals surface area contributed by atoms with E-state index in [0.717, 1.165) is 36.1 Å². The van der Waals surface area contributed by atoms with Gasteiger partial charge in [-0.05, 0) is 42.7 Å². The maximum atomic E-state index is 12.7. The molecular weight excluding hydrogens is 354 g/mol. The fourth-order valence-corrected chi connectivity index (χ4v) is 3.77. The molecule has 1 aromatic heterocycles. The van der Waals surface area contributed by atoms with E-state index in [2.05, 4.69) is 4.98 Å². The lowest BCUT2D eigenvalue weighted by Gasteiger charge is -2.20. The number of likely N-dealkylation sites (tertiary alicyclic amines) is 1. The van der Waals surface area contributed by atoms with Crippen LogP contribution in [-0.4, -0.2) is 33.4 Å². The van der Waals surface area contributed by atoms with Crippen molar-refractivity contribution >= 4 is 16.8 Å². The number of H-pyrrole nitrogens is 1. The van der Waals surface area contributed by atoms with Crippen LogP contribution in [0.4, 0.5) is 0 Å². The molecule has 6 heteroatoms. The minimum absolute atomic E-state index is 0.135. The summed E-state index contributed by atoms with van der Waals surface area (Å²) >= 11 is 0. The monoisotopic (exact) mass is 377 g/mol. The highest BCUT2D eigenvalue weighted by Gasteiger charge is 2.16. The summed E-state index contributed by atoms with van der Waals surface area (Å²) < 4.78 is 1.13. The number of rotatable bonds is 3. The van der Waals surface area contributed by atoms with E-state index in [9.17, 15) is 14.4 Å². The molecule has 6 nitrogen and oxygen atoms in total. The average molecular weight is 377 g/mol. The Labute approximate surface area is 162 Å². The molecule has 0 aliphatic carbocycles. The van der Waals surface area contributed by atoms with Gasteiger partial charge in [-0.3, -0.25) is 9.59 Å². The van der Waals surface area contributed by atoms with Gasteiger partial charge in [0.2, 0.25) is 5.91 Å². The van der Waals surface area contributed by atoms with Gasteiger partial charge in [0.25, 0.3) is 5.56 Å². The lowest BCUT2D eigenvalue weighted by atomic mass is 10.1. The van der Waals surface area contributed by atoms with Gasteiger partial charge in [-0.2, -0.15) is 0 Å². The molecule has 1 aliphatic rings. The average Bonchev–Trinajstić information content (AvgIpc) is 2.99. The minimum atomic E-state index is -0.475. The number of benzene rings is 2. The molecule has 4 rings (SSSR count). The first-order valence-electron chi connectivity index (χ1n) is 9.75. The van der Waals surface area contributed by atoms with Crippen molar-refractivity contribution in [1.29, 1.82) is 0 Å². The fourth-order valence-electron chi connectivity index (χ4n) is 3.77. The highest BCUT2D eigenvalue weighted by atomic mass is 16.2. The van der Waals surface area contributed by atoms with E-state index in [1.165, 1.54) is 12.8 Å². The van der Waals surface area contributed by atoms with Gasteiger partial charge in [0.1, 0.15) is 0 Å². The molecule has 1 fully saturated rings. The number of hydrogen-bond donors (Lipinski definition) is 1. The summed E-state index contributed by atoms with van der Waals surface area (Å²) in [6.45, 7) is 1.66. The van der Waals surface area contributed by atoms with Gasteiger partial charge in [0.05, 0.1) is 23.0 Å². The van der Waals surface area contributed by atoms with E-state index in [-0.39, 0.29) is 11.5 Å². The van der Waals surface area contributed by atoms with Crippen LogP contribution in [0.5, 0.6) is 0 Å². The SMILES string of the molecule is O=C(Cc1ccc(-n2c(=O)[nH]c3ccccc3c2=O)cc1)N1CCCCCC1. The zero-order valence-electron chi connectivity index (χ0n) is 15.7. The first-order valence-corrected chi connectivity index (χ1v) is 9.75. The topological polar surface area (TPSA) is 75.2 Å². The molecule has 28 heavy (non-hydrogen) atoms. The van der Waals surface area contributed by atoms with Gasteiger partial charge < -0.3 is 9.88 Å². The van der Waals surface area contributed by atoms with Crippen molar-refractivity contribution in [1.82, 2.24) is 14.5 Å². The van der Waals surface area contributed by atoms with Crippen LogP contribution in [-0.2, 0) is 11.2 Å². The summed E-state index contributed by atoms with van der Waals surface area (Å²) in [6.07, 6.45) is 4.85. The van der Waals surface area contributed by atoms with Gasteiger partial charge >= 0.3 is 5.69 Å². The van der Waals surface area contributed by atoms with Crippen molar-refractivity contribution in [3.05, 3.63) is 74.9 Å². The van der Waals surface area contributed by atoms with Crippen molar-refractivity contribution in [3.8, 4) is 5.69 Å². The van der Waals surface area contributed by atoms with Crippen LogP contribution >= 0.6 is 0 Å². The highest BCUT2D eigenvalue weighted by Crippen LogP contribution is 2.13. The van der Waals surface area contributed by atoms with Crippen molar-refractivity contribution in [2.75, 3.05) is 13.1 Å². The summed E-state index contributed by atoms with van der Waals surface area (Å²) in [7, 11) is 0. The van der Waals surface area contributed by atoms with Crippen molar-refractivity contribution in [2.24, 2.45) is 0 Å². The molecule has 0 radical (unpaired) electrons. The zero-order valence-corrected chi connectivity index (χ0v) is 15.7. The molecule has 0 saturated carbocycles. The van der Waals surface area contributed by atoms with Gasteiger partial charge in [0, 0.05) is 13.1 Å². The molecule has 0 bridgehead atoms. The Hall–Kier alpha value is -3.15. The molecule has 0 spiro atoms. The van der Waals surface area contributed by atoms with Crippen LogP contribution < -0.4 is 11.2 Å². The van der Waals surface area contributed by atoms with Crippen LogP contribution in [0.3, 0.4) is 0 Å². The van der Waals surface area contributed by atoms with Gasteiger partial charge in [-0.25, -0.2) is 9.36 Å². The van der Waals surface area contributed by atoms with Crippen LogP contribution in [0.2, 0.25) is 0 Å². The molecular formula is C22H23N3O3. The number of hydrogen-bond acceptors (Lipinski definition) is 3. The Morgan fingerprint density at radius 1 is 0.893 bits per heavy atom. The van der Waals surface area contributed by atoms with E-state index in [1.807, 2.05) is 17.0 Å². The first kappa shape index (κ1) is 18.2. The number of carbonyl (C=O) groups is 1. The third kappa shape index (κ3) is 3.63. The summed E-state index contributed by atoms with van der Waals surface area (Å²) in [4.78, 5) is 42.4. The number of aromatic nitrogens is 2. The Morgan fingerprint density at radius 3 is 2.29 bits per heavy atom. The first-order chi connectivity index (χ1) is 13.6. The maximum Gasteiger partial charge on any atom is 0.333 e. The second-order valence-corrected chi connectivity index (χ2v) is 7.25. The van der Waals surface area contributed by atoms with Gasteiger partial charge in [0.15, 0.2) is 0 Å². The molecule has 144 valence electrons. The van der Waals surface area contributed by atoms with Crippen molar-refractivity contribution in [2.45, 2.75) is 32.1 Å². The van der Waals surface area contributed by atoms with Gasteiger partial charge in [-0.1, -0.05) is 37.1 Å². The lowest BCUT2D eigenvalue weighted by Crippen LogP contribution is -2.34. The second kappa shape index (κ2) is 7.84. The fraction of sp³-hybridized carbons (Fsp3) is 0.318. The number of carbonyl (C=O) groups excluding carboxylic acids is 1. The number of fused-ring (bicyclic) bond motifs is 1. The highest BCUT2D eigenvalue weighted by molar-refractivity contribution is 5.79. The predicted octanol–water partition coefficient (Wildman–Crippen LogP) is 2.62. The second-order valence-electron chi connectivity index (χ2n) is 7.25. The summed E-state index contributed by atoms with van der Waals surface area (Å²) in [5, 5.41) is 0.461. The van der Waals surface area contributed by atoms with E-state index < -0.39 is 5.69 Å². The quantitative estimate of drug-likeness (QED) is 0.762. The van der Waals surface area contributed by atoms with Crippen LogP contribution in [0, 0.1) is 0 Å². The van der Waals surface area contributed by atoms with E-state index in [0.29, 0.717) is 23.0 Å². The number of nitrogens with one attached hydrogen (secondary N) is 1. The maximum absolute atomic E-state index is 12.7. The molecule has 1 amide bonds. The van der Waals surface area contributed by atoms with E-state index >= 15 is 0 Å². The van der Waals surface area contributed by atoms with E-state index in [4.69, 9.17) is 0 Å². The van der Waals surface area contributed by atoms with Crippen molar-refractivity contribution in [3.63, 3.8) is 0 Å². The molecule has 3 aromatic rings. The van der Waals surface area contributed by atoms with Crippen molar-refractivity contribution < 1.29 is 4.79 Å². The minimum Gasteiger partial charge on any atom is -0.342 e. The molecule has 1 saturated heterocycles. The molecule has 0 unspecified atom stereocenters. The van der Waals surface area contributed by atoms with Crippen LogP contribution in [0.25, 0.3) is 16.6 Å². The Kier molecular flexibility index (Phi) is 5.10. The van der Waals surface area contributed by atoms with Crippen LogP contribution in [0.1, 0.15) is 31.2 Å². The number of aromatic amines is 1. The zero-order chi connectivity index (χ0) is 19.5. The Balaban J connectivity index is 1.58. The predicted molar refractivity (Wildman–Crippen MR) is 109 cm³/mol. The number of amides is 1. The molecule has 1 N–H and O–H groups in total. The third-order valence-electron chi connectivity index (χ3n) is 5.31. The van der Waals surface area contributed by atoms with Crippen LogP contribution in [0.15, 0.2) is 58.1 Å². The standard InChI is InChI=1S/C22H23N3O3/c26-20(24-13-5-1-2-6-14-24)15-16-9-11-17(12-10-16)25-21(27)18-7-3-4-8-19(18)23-22(25)28/h3-4,7-12H,1-2,5-6,13-15H2,(H,23,28). The lowest BCUT2D eigenvalue weighted by molar-refractivity contribution is -0.130. The summed E-state index contributed by atoms with van der Waals surface area (Å²) in [6, 6.07) is 14.0. The summed E-state index contributed by atoms with van der Waals surface area (Å²) in [5.41, 5.74) is 1.06. The molecule has 2 aromatic carbocycles. The normalized spacial score (nSPS) is 14.8. The number of para-hydroxylation sites is 1. The molecule has 1 aliphatic heterocycles. The molecule has 0 atom stereocenters. The van der Waals surface area contributed by atoms with E-state index in [1.54, 1.807) is 36.4 Å².